The summed E-state index contributed by atoms with van der Waals surface area (Å²) in [4.78, 5) is 17.1. The van der Waals surface area contributed by atoms with Crippen molar-refractivity contribution >= 4 is 22.6 Å². The van der Waals surface area contributed by atoms with Gasteiger partial charge in [0.15, 0.2) is 0 Å². The summed E-state index contributed by atoms with van der Waals surface area (Å²) in [5, 5.41) is 1.63. The largest absolute Gasteiger partial charge is 0.292 e. The second-order valence-electron chi connectivity index (χ2n) is 4.94. The van der Waals surface area contributed by atoms with Gasteiger partial charge in [-0.25, -0.2) is 4.98 Å². The minimum absolute atomic E-state index is 0.00891. The Bertz CT molecular complexity index is 838. The summed E-state index contributed by atoms with van der Waals surface area (Å²) in [6, 6.07) is 13.1. The first-order valence-corrected chi connectivity index (χ1v) is 7.33. The number of rotatable bonds is 3. The first-order valence-electron chi connectivity index (χ1n) is 6.95. The number of fused-ring (bicyclic) bond motifs is 1. The molecular formula is C17H15ClN2O. The molecule has 0 fully saturated rings. The van der Waals surface area contributed by atoms with Crippen LogP contribution in [0, 0.1) is 0 Å². The number of aromatic nitrogens is 2. The van der Waals surface area contributed by atoms with E-state index in [1.54, 1.807) is 22.9 Å². The van der Waals surface area contributed by atoms with Crippen LogP contribution in [0.4, 0.5) is 0 Å². The van der Waals surface area contributed by atoms with Crippen LogP contribution < -0.4 is 5.56 Å². The zero-order valence-corrected chi connectivity index (χ0v) is 12.5. The Morgan fingerprint density at radius 1 is 1.19 bits per heavy atom. The lowest BCUT2D eigenvalue weighted by Crippen LogP contribution is -2.22. The standard InChI is InChI=1S/C17H15ClN2O/c1-2-10-20-16-13(4-3-9-19-16)11-15(17(20)21)12-5-7-14(18)8-6-12/h3-9,11H,2,10H2,1H3. The molecule has 3 nitrogen and oxygen atoms in total. The highest BCUT2D eigenvalue weighted by Crippen LogP contribution is 2.22. The SMILES string of the molecule is CCCn1c(=O)c(-c2ccc(Cl)cc2)cc2cccnc21. The molecule has 0 aliphatic rings. The lowest BCUT2D eigenvalue weighted by Gasteiger charge is -2.11. The third kappa shape index (κ3) is 2.57. The molecule has 0 spiro atoms. The lowest BCUT2D eigenvalue weighted by atomic mass is 10.1. The van der Waals surface area contributed by atoms with Crippen molar-refractivity contribution in [2.24, 2.45) is 0 Å². The van der Waals surface area contributed by atoms with E-state index < -0.39 is 0 Å². The van der Waals surface area contributed by atoms with Gasteiger partial charge in [0, 0.05) is 28.7 Å². The summed E-state index contributed by atoms with van der Waals surface area (Å²) in [7, 11) is 0. The summed E-state index contributed by atoms with van der Waals surface area (Å²) in [6.07, 6.45) is 2.60. The Kier molecular flexibility index (Phi) is 3.76. The van der Waals surface area contributed by atoms with E-state index in [-0.39, 0.29) is 5.56 Å². The van der Waals surface area contributed by atoms with Crippen molar-refractivity contribution in [3.8, 4) is 11.1 Å². The van der Waals surface area contributed by atoms with E-state index in [4.69, 9.17) is 11.6 Å². The van der Waals surface area contributed by atoms with Gasteiger partial charge in [-0.15, -0.1) is 0 Å². The normalized spacial score (nSPS) is 11.0. The smallest absolute Gasteiger partial charge is 0.260 e. The van der Waals surface area contributed by atoms with Gasteiger partial charge in [0.1, 0.15) is 5.65 Å². The molecule has 0 aliphatic carbocycles. The Morgan fingerprint density at radius 2 is 1.95 bits per heavy atom. The van der Waals surface area contributed by atoms with E-state index in [0.717, 1.165) is 23.0 Å². The summed E-state index contributed by atoms with van der Waals surface area (Å²) in [6.45, 7) is 2.71. The van der Waals surface area contributed by atoms with Crippen molar-refractivity contribution in [3.05, 3.63) is 64.0 Å². The first kappa shape index (κ1) is 13.8. The zero-order valence-electron chi connectivity index (χ0n) is 11.7. The average Bonchev–Trinajstić information content (AvgIpc) is 2.51. The molecule has 3 aromatic rings. The average molecular weight is 299 g/mol. The van der Waals surface area contributed by atoms with E-state index in [1.165, 1.54) is 0 Å². The molecule has 0 atom stereocenters. The van der Waals surface area contributed by atoms with Gasteiger partial charge >= 0.3 is 0 Å². The van der Waals surface area contributed by atoms with E-state index in [2.05, 4.69) is 11.9 Å². The number of nitrogens with zero attached hydrogens (tertiary/aromatic N) is 2. The molecule has 21 heavy (non-hydrogen) atoms. The Hall–Kier alpha value is -2.13. The van der Waals surface area contributed by atoms with Crippen LogP contribution in [0.3, 0.4) is 0 Å². The van der Waals surface area contributed by atoms with Crippen molar-refractivity contribution in [3.63, 3.8) is 0 Å². The highest BCUT2D eigenvalue weighted by atomic mass is 35.5. The van der Waals surface area contributed by atoms with Gasteiger partial charge in [-0.05, 0) is 42.3 Å². The molecule has 0 unspecified atom stereocenters. The molecule has 106 valence electrons. The van der Waals surface area contributed by atoms with Crippen molar-refractivity contribution in [1.29, 1.82) is 0 Å². The lowest BCUT2D eigenvalue weighted by molar-refractivity contribution is 0.673. The minimum Gasteiger partial charge on any atom is -0.292 e. The molecule has 0 aliphatic heterocycles. The van der Waals surface area contributed by atoms with Crippen LogP contribution >= 0.6 is 11.6 Å². The van der Waals surface area contributed by atoms with E-state index in [1.807, 2.05) is 30.3 Å². The fraction of sp³-hybridized carbons (Fsp3) is 0.176. The predicted molar refractivity (Wildman–Crippen MR) is 86.7 cm³/mol. The third-order valence-corrected chi connectivity index (χ3v) is 3.70. The number of aryl methyl sites for hydroxylation is 1. The molecule has 0 saturated heterocycles. The Labute approximate surface area is 127 Å². The maximum atomic E-state index is 12.7. The van der Waals surface area contributed by atoms with E-state index >= 15 is 0 Å². The summed E-state index contributed by atoms with van der Waals surface area (Å²) < 4.78 is 1.75. The first-order chi connectivity index (χ1) is 10.2. The second-order valence-corrected chi connectivity index (χ2v) is 5.37. The molecule has 0 bridgehead atoms. The van der Waals surface area contributed by atoms with Gasteiger partial charge in [0.05, 0.1) is 0 Å². The monoisotopic (exact) mass is 298 g/mol. The minimum atomic E-state index is -0.00891. The molecule has 1 aromatic carbocycles. The Balaban J connectivity index is 2.30. The van der Waals surface area contributed by atoms with Crippen LogP contribution in [0.5, 0.6) is 0 Å². The van der Waals surface area contributed by atoms with E-state index in [9.17, 15) is 4.79 Å². The van der Waals surface area contributed by atoms with Gasteiger partial charge < -0.3 is 0 Å². The predicted octanol–water partition coefficient (Wildman–Crippen LogP) is 4.13. The molecule has 0 radical (unpaired) electrons. The number of benzene rings is 1. The quantitative estimate of drug-likeness (QED) is 0.729. The molecule has 2 heterocycles. The van der Waals surface area contributed by atoms with Gasteiger partial charge in [-0.2, -0.15) is 0 Å². The van der Waals surface area contributed by atoms with Crippen LogP contribution in [0.25, 0.3) is 22.2 Å². The molecule has 2 aromatic heterocycles. The second kappa shape index (κ2) is 5.70. The number of halogens is 1. The molecule has 4 heteroatoms. The van der Waals surface area contributed by atoms with Crippen molar-refractivity contribution in [1.82, 2.24) is 9.55 Å². The number of hydrogen-bond acceptors (Lipinski definition) is 2. The highest BCUT2D eigenvalue weighted by molar-refractivity contribution is 6.30. The van der Waals surface area contributed by atoms with E-state index in [0.29, 0.717) is 17.1 Å². The zero-order chi connectivity index (χ0) is 14.8. The highest BCUT2D eigenvalue weighted by Gasteiger charge is 2.11. The molecule has 0 amide bonds. The summed E-state index contributed by atoms with van der Waals surface area (Å²) >= 11 is 5.92. The topological polar surface area (TPSA) is 34.9 Å². The van der Waals surface area contributed by atoms with Crippen LogP contribution in [0.2, 0.25) is 5.02 Å². The summed E-state index contributed by atoms with van der Waals surface area (Å²) in [5.74, 6) is 0. The fourth-order valence-corrected chi connectivity index (χ4v) is 2.60. The van der Waals surface area contributed by atoms with Crippen LogP contribution in [-0.2, 0) is 6.54 Å². The molecule has 0 N–H and O–H groups in total. The van der Waals surface area contributed by atoms with Gasteiger partial charge in [0.25, 0.3) is 5.56 Å². The molecular weight excluding hydrogens is 284 g/mol. The van der Waals surface area contributed by atoms with Crippen molar-refractivity contribution < 1.29 is 0 Å². The maximum absolute atomic E-state index is 12.7. The van der Waals surface area contributed by atoms with Crippen molar-refractivity contribution in [2.75, 3.05) is 0 Å². The molecule has 0 saturated carbocycles. The summed E-state index contributed by atoms with van der Waals surface area (Å²) in [5.41, 5.74) is 2.29. The third-order valence-electron chi connectivity index (χ3n) is 3.45. The van der Waals surface area contributed by atoms with Crippen molar-refractivity contribution in [2.45, 2.75) is 19.9 Å². The maximum Gasteiger partial charge on any atom is 0.260 e. The van der Waals surface area contributed by atoms with Crippen LogP contribution in [0.1, 0.15) is 13.3 Å². The number of hydrogen-bond donors (Lipinski definition) is 0. The van der Waals surface area contributed by atoms with Gasteiger partial charge in [0.2, 0.25) is 0 Å². The fourth-order valence-electron chi connectivity index (χ4n) is 2.47. The molecule has 3 rings (SSSR count). The van der Waals surface area contributed by atoms with Gasteiger partial charge in [-0.3, -0.25) is 9.36 Å². The Morgan fingerprint density at radius 3 is 2.67 bits per heavy atom. The van der Waals surface area contributed by atoms with Gasteiger partial charge in [-0.1, -0.05) is 30.7 Å². The van der Waals surface area contributed by atoms with Crippen LogP contribution in [0.15, 0.2) is 53.5 Å². The number of pyridine rings is 2. The van der Waals surface area contributed by atoms with Crippen LogP contribution in [-0.4, -0.2) is 9.55 Å².